The number of rotatable bonds is 5. The van der Waals surface area contributed by atoms with Crippen LogP contribution in [0.4, 0.5) is 0 Å². The minimum Gasteiger partial charge on any atom is -0.342 e. The molecule has 1 aliphatic carbocycles. The van der Waals surface area contributed by atoms with Crippen LogP contribution in [0.25, 0.3) is 0 Å². The maximum atomic E-state index is 13.4. The number of aromatic nitrogens is 2. The summed E-state index contributed by atoms with van der Waals surface area (Å²) in [5.74, 6) is 1.21. The van der Waals surface area contributed by atoms with Gasteiger partial charge in [-0.15, -0.1) is 0 Å². The van der Waals surface area contributed by atoms with E-state index in [4.69, 9.17) is 0 Å². The van der Waals surface area contributed by atoms with Gasteiger partial charge in [0.2, 0.25) is 5.91 Å². The highest BCUT2D eigenvalue weighted by Crippen LogP contribution is 2.41. The van der Waals surface area contributed by atoms with Gasteiger partial charge in [0.05, 0.1) is 11.6 Å². The van der Waals surface area contributed by atoms with Gasteiger partial charge in [0, 0.05) is 44.5 Å². The van der Waals surface area contributed by atoms with E-state index in [1.807, 2.05) is 10.9 Å². The molecule has 3 fully saturated rings. The predicted octanol–water partition coefficient (Wildman–Crippen LogP) is 3.30. The number of amides is 1. The molecule has 5 heteroatoms. The molecule has 0 bridgehead atoms. The molecule has 1 aromatic heterocycles. The predicted molar refractivity (Wildman–Crippen MR) is 103 cm³/mol. The van der Waals surface area contributed by atoms with Crippen LogP contribution in [-0.4, -0.2) is 51.7 Å². The second-order valence-electron chi connectivity index (χ2n) is 8.80. The fourth-order valence-electron chi connectivity index (χ4n) is 5.40. The van der Waals surface area contributed by atoms with Gasteiger partial charge in [0.25, 0.3) is 0 Å². The standard InChI is InChI=1S/C21H34N4O/c1-2-25-16-19(13-22-25)14-23-12-10-21(17-23)9-6-11-24(20(21)26)15-18-7-4-3-5-8-18/h13,16,18H,2-12,14-15,17H2,1H3. The van der Waals surface area contributed by atoms with Crippen molar-refractivity contribution < 1.29 is 4.79 Å². The Morgan fingerprint density at radius 3 is 2.77 bits per heavy atom. The molecule has 3 aliphatic rings. The van der Waals surface area contributed by atoms with Crippen molar-refractivity contribution >= 4 is 5.91 Å². The molecule has 0 radical (unpaired) electrons. The van der Waals surface area contributed by atoms with E-state index in [1.54, 1.807) is 0 Å². The van der Waals surface area contributed by atoms with Crippen LogP contribution in [0.5, 0.6) is 0 Å². The molecule has 1 aromatic rings. The van der Waals surface area contributed by atoms with E-state index in [-0.39, 0.29) is 5.41 Å². The average Bonchev–Trinajstić information content (AvgIpc) is 3.28. The van der Waals surface area contributed by atoms with E-state index in [0.29, 0.717) is 5.91 Å². The van der Waals surface area contributed by atoms with E-state index < -0.39 is 0 Å². The van der Waals surface area contributed by atoms with E-state index in [1.165, 1.54) is 44.1 Å². The highest BCUT2D eigenvalue weighted by Gasteiger charge is 2.48. The third kappa shape index (κ3) is 3.68. The molecule has 5 nitrogen and oxygen atoms in total. The Morgan fingerprint density at radius 2 is 2.00 bits per heavy atom. The van der Waals surface area contributed by atoms with Crippen LogP contribution >= 0.6 is 0 Å². The van der Waals surface area contributed by atoms with E-state index in [0.717, 1.165) is 58.0 Å². The van der Waals surface area contributed by atoms with Gasteiger partial charge in [-0.1, -0.05) is 19.3 Å². The molecule has 2 aliphatic heterocycles. The minimum absolute atomic E-state index is 0.104. The first-order valence-electron chi connectivity index (χ1n) is 10.7. The third-order valence-electron chi connectivity index (χ3n) is 6.88. The first kappa shape index (κ1) is 18.0. The highest BCUT2D eigenvalue weighted by atomic mass is 16.2. The SMILES string of the molecule is CCn1cc(CN2CCC3(CCCN(CC4CCCCC4)C3=O)C2)cn1. The number of aryl methyl sites for hydroxylation is 1. The van der Waals surface area contributed by atoms with Gasteiger partial charge in [-0.3, -0.25) is 14.4 Å². The number of piperidine rings is 1. The molecule has 0 aromatic carbocycles. The molecule has 0 N–H and O–H groups in total. The molecule has 3 heterocycles. The topological polar surface area (TPSA) is 41.4 Å². The Hall–Kier alpha value is -1.36. The molecule has 1 amide bonds. The number of likely N-dealkylation sites (tertiary alicyclic amines) is 2. The molecular weight excluding hydrogens is 324 g/mol. The van der Waals surface area contributed by atoms with Crippen LogP contribution in [-0.2, 0) is 17.9 Å². The lowest BCUT2D eigenvalue weighted by molar-refractivity contribution is -0.146. The molecule has 1 spiro atoms. The van der Waals surface area contributed by atoms with E-state index in [9.17, 15) is 4.79 Å². The van der Waals surface area contributed by atoms with Crippen molar-refractivity contribution in [3.05, 3.63) is 18.0 Å². The first-order valence-corrected chi connectivity index (χ1v) is 10.7. The largest absolute Gasteiger partial charge is 0.342 e. The van der Waals surface area contributed by atoms with Gasteiger partial charge < -0.3 is 4.90 Å². The Kier molecular flexibility index (Phi) is 5.35. The monoisotopic (exact) mass is 358 g/mol. The van der Waals surface area contributed by atoms with Crippen LogP contribution in [0, 0.1) is 11.3 Å². The summed E-state index contributed by atoms with van der Waals surface area (Å²) >= 11 is 0. The fourth-order valence-corrected chi connectivity index (χ4v) is 5.40. The van der Waals surface area contributed by atoms with Crippen molar-refractivity contribution in [2.45, 2.75) is 71.4 Å². The van der Waals surface area contributed by atoms with Gasteiger partial charge >= 0.3 is 0 Å². The van der Waals surface area contributed by atoms with Crippen molar-refractivity contribution in [2.75, 3.05) is 26.2 Å². The van der Waals surface area contributed by atoms with E-state index >= 15 is 0 Å². The summed E-state index contributed by atoms with van der Waals surface area (Å²) in [6.45, 7) is 7.94. The van der Waals surface area contributed by atoms with Crippen LogP contribution in [0.15, 0.2) is 12.4 Å². The van der Waals surface area contributed by atoms with Crippen LogP contribution in [0.2, 0.25) is 0 Å². The molecule has 4 rings (SSSR count). The summed E-state index contributed by atoms with van der Waals surface area (Å²) in [4.78, 5) is 18.1. The summed E-state index contributed by atoms with van der Waals surface area (Å²) < 4.78 is 1.98. The summed E-state index contributed by atoms with van der Waals surface area (Å²) in [6, 6.07) is 0. The molecular formula is C21H34N4O. The smallest absolute Gasteiger partial charge is 0.230 e. The second kappa shape index (κ2) is 7.71. The first-order chi connectivity index (χ1) is 12.7. The second-order valence-corrected chi connectivity index (χ2v) is 8.80. The maximum Gasteiger partial charge on any atom is 0.230 e. The quantitative estimate of drug-likeness (QED) is 0.811. The number of carbonyl (C=O) groups is 1. The Labute approximate surface area is 157 Å². The van der Waals surface area contributed by atoms with Crippen molar-refractivity contribution in [3.8, 4) is 0 Å². The maximum absolute atomic E-state index is 13.4. The van der Waals surface area contributed by atoms with Crippen LogP contribution < -0.4 is 0 Å². The van der Waals surface area contributed by atoms with E-state index in [2.05, 4.69) is 28.0 Å². The Morgan fingerprint density at radius 1 is 1.15 bits per heavy atom. The number of hydrogen-bond donors (Lipinski definition) is 0. The molecule has 2 saturated heterocycles. The lowest BCUT2D eigenvalue weighted by atomic mass is 9.77. The Balaban J connectivity index is 1.37. The number of hydrogen-bond acceptors (Lipinski definition) is 3. The minimum atomic E-state index is -0.104. The average molecular weight is 359 g/mol. The normalized spacial score (nSPS) is 28.3. The zero-order chi connectivity index (χ0) is 18.0. The number of nitrogens with zero attached hydrogens (tertiary/aromatic N) is 4. The van der Waals surface area contributed by atoms with Crippen molar-refractivity contribution in [3.63, 3.8) is 0 Å². The molecule has 144 valence electrons. The summed E-state index contributed by atoms with van der Waals surface area (Å²) in [5, 5.41) is 4.39. The zero-order valence-corrected chi connectivity index (χ0v) is 16.3. The van der Waals surface area contributed by atoms with Crippen molar-refractivity contribution in [2.24, 2.45) is 11.3 Å². The molecule has 1 unspecified atom stereocenters. The van der Waals surface area contributed by atoms with Crippen LogP contribution in [0.3, 0.4) is 0 Å². The van der Waals surface area contributed by atoms with Crippen LogP contribution in [0.1, 0.15) is 63.9 Å². The fraction of sp³-hybridized carbons (Fsp3) is 0.810. The van der Waals surface area contributed by atoms with Gasteiger partial charge in [0.15, 0.2) is 0 Å². The highest BCUT2D eigenvalue weighted by molar-refractivity contribution is 5.84. The van der Waals surface area contributed by atoms with Crippen molar-refractivity contribution in [1.82, 2.24) is 19.6 Å². The molecule has 26 heavy (non-hydrogen) atoms. The Bertz CT molecular complexity index is 621. The molecule has 1 saturated carbocycles. The van der Waals surface area contributed by atoms with Gasteiger partial charge in [-0.25, -0.2) is 0 Å². The van der Waals surface area contributed by atoms with Gasteiger partial charge in [-0.05, 0) is 51.5 Å². The number of carbonyl (C=O) groups excluding carboxylic acids is 1. The summed E-state index contributed by atoms with van der Waals surface area (Å²) in [6.07, 6.45) is 14.2. The summed E-state index contributed by atoms with van der Waals surface area (Å²) in [5.41, 5.74) is 1.17. The van der Waals surface area contributed by atoms with Gasteiger partial charge in [0.1, 0.15) is 0 Å². The summed E-state index contributed by atoms with van der Waals surface area (Å²) in [7, 11) is 0. The zero-order valence-electron chi connectivity index (χ0n) is 16.3. The third-order valence-corrected chi connectivity index (χ3v) is 6.88. The van der Waals surface area contributed by atoms with Crippen molar-refractivity contribution in [1.29, 1.82) is 0 Å². The lowest BCUT2D eigenvalue weighted by Crippen LogP contribution is -2.51. The molecule has 1 atom stereocenters. The van der Waals surface area contributed by atoms with Gasteiger partial charge in [-0.2, -0.15) is 5.10 Å². The lowest BCUT2D eigenvalue weighted by Gasteiger charge is -2.41.